The molecular formula is C15H12Cl2N2O4S. The molecule has 6 nitrogen and oxygen atoms in total. The molecule has 0 saturated heterocycles. The van der Waals surface area contributed by atoms with Crippen molar-refractivity contribution in [3.8, 4) is 5.75 Å². The topological polar surface area (TPSA) is 80.5 Å². The molecule has 0 aliphatic heterocycles. The van der Waals surface area contributed by atoms with Crippen molar-refractivity contribution in [2.75, 3.05) is 14.2 Å². The summed E-state index contributed by atoms with van der Waals surface area (Å²) in [5.74, 6) is -0.671. The third-order valence-corrected chi connectivity index (χ3v) is 4.34. The zero-order valence-electron chi connectivity index (χ0n) is 12.6. The molecule has 126 valence electrons. The molecule has 1 N–H and O–H groups in total. The standard InChI is InChI=1S/C15H12Cl2N2O4S/c1-22-9-5-3-8(4-6-9)18-19-12(15(21)23-2)13(20)10-7-11(16)24-14(10)17/h3-7,20H,1-2H3/b13-12-,19-18?. The third-order valence-electron chi connectivity index (χ3n) is 2.85. The Morgan fingerprint density at radius 3 is 2.38 bits per heavy atom. The highest BCUT2D eigenvalue weighted by Gasteiger charge is 2.21. The lowest BCUT2D eigenvalue weighted by Gasteiger charge is -2.03. The molecule has 0 fully saturated rings. The van der Waals surface area contributed by atoms with Crippen LogP contribution in [0.15, 0.2) is 46.3 Å². The van der Waals surface area contributed by atoms with Gasteiger partial charge in [-0.2, -0.15) is 5.11 Å². The van der Waals surface area contributed by atoms with Crippen LogP contribution in [0.4, 0.5) is 5.69 Å². The zero-order chi connectivity index (χ0) is 17.7. The predicted octanol–water partition coefficient (Wildman–Crippen LogP) is 5.25. The predicted molar refractivity (Wildman–Crippen MR) is 93.4 cm³/mol. The Bertz CT molecular complexity index is 800. The van der Waals surface area contributed by atoms with Crippen molar-refractivity contribution in [2.24, 2.45) is 10.2 Å². The highest BCUT2D eigenvalue weighted by Crippen LogP contribution is 2.36. The van der Waals surface area contributed by atoms with Crippen LogP contribution in [0.25, 0.3) is 5.76 Å². The molecule has 24 heavy (non-hydrogen) atoms. The van der Waals surface area contributed by atoms with Gasteiger partial charge >= 0.3 is 5.97 Å². The molecule has 1 aromatic carbocycles. The van der Waals surface area contributed by atoms with Gasteiger partial charge in [0, 0.05) is 0 Å². The van der Waals surface area contributed by atoms with Gasteiger partial charge < -0.3 is 14.6 Å². The van der Waals surface area contributed by atoms with E-state index in [1.54, 1.807) is 31.4 Å². The number of methoxy groups -OCH3 is 2. The number of halogens is 2. The van der Waals surface area contributed by atoms with Crippen LogP contribution in [0.3, 0.4) is 0 Å². The minimum atomic E-state index is -0.858. The molecule has 0 aliphatic rings. The smallest absolute Gasteiger partial charge is 0.362 e. The van der Waals surface area contributed by atoms with Crippen LogP contribution in [0, 0.1) is 0 Å². The molecule has 2 aromatic rings. The fourth-order valence-electron chi connectivity index (χ4n) is 1.67. The maximum atomic E-state index is 11.9. The van der Waals surface area contributed by atoms with Crippen molar-refractivity contribution in [1.29, 1.82) is 0 Å². The average Bonchev–Trinajstić information content (AvgIpc) is 2.93. The first-order chi connectivity index (χ1) is 11.5. The van der Waals surface area contributed by atoms with Crippen molar-refractivity contribution in [2.45, 2.75) is 0 Å². The first kappa shape index (κ1) is 18.3. The van der Waals surface area contributed by atoms with Gasteiger partial charge in [-0.3, -0.25) is 0 Å². The number of hydrogen-bond donors (Lipinski definition) is 1. The number of benzene rings is 1. The van der Waals surface area contributed by atoms with E-state index in [0.717, 1.165) is 11.3 Å². The highest BCUT2D eigenvalue weighted by molar-refractivity contribution is 7.20. The number of hydrogen-bond acceptors (Lipinski definition) is 7. The van der Waals surface area contributed by atoms with E-state index >= 15 is 0 Å². The summed E-state index contributed by atoms with van der Waals surface area (Å²) in [6.45, 7) is 0. The summed E-state index contributed by atoms with van der Waals surface area (Å²) in [7, 11) is 2.71. The van der Waals surface area contributed by atoms with E-state index in [2.05, 4.69) is 15.0 Å². The molecule has 1 heterocycles. The highest BCUT2D eigenvalue weighted by atomic mass is 35.5. The lowest BCUT2D eigenvalue weighted by atomic mass is 10.2. The quantitative estimate of drug-likeness (QED) is 0.329. The molecule has 0 amide bonds. The molecule has 0 bridgehead atoms. The van der Waals surface area contributed by atoms with Crippen LogP contribution >= 0.6 is 34.5 Å². The SMILES string of the molecule is COC(=O)/C(N=Nc1ccc(OC)cc1)=C(/O)c1cc(Cl)sc1Cl. The summed E-state index contributed by atoms with van der Waals surface area (Å²) in [5.41, 5.74) is 0.255. The summed E-state index contributed by atoms with van der Waals surface area (Å²) < 4.78 is 10.2. The molecule has 0 unspecified atom stereocenters. The number of nitrogens with zero attached hydrogens (tertiary/aromatic N) is 2. The lowest BCUT2D eigenvalue weighted by Crippen LogP contribution is -2.05. The van der Waals surface area contributed by atoms with Crippen LogP contribution in [0.1, 0.15) is 5.56 Å². The number of carbonyl (C=O) groups is 1. The van der Waals surface area contributed by atoms with E-state index in [1.165, 1.54) is 13.2 Å². The van der Waals surface area contributed by atoms with E-state index < -0.39 is 11.7 Å². The van der Waals surface area contributed by atoms with Crippen molar-refractivity contribution in [1.82, 2.24) is 0 Å². The van der Waals surface area contributed by atoms with Gasteiger partial charge in [0.2, 0.25) is 5.70 Å². The lowest BCUT2D eigenvalue weighted by molar-refractivity contribution is -0.136. The van der Waals surface area contributed by atoms with E-state index in [1.807, 2.05) is 0 Å². The number of azo groups is 1. The van der Waals surface area contributed by atoms with Gasteiger partial charge in [-0.25, -0.2) is 4.79 Å². The Kier molecular flexibility index (Phi) is 6.19. The average molecular weight is 387 g/mol. The second-order valence-electron chi connectivity index (χ2n) is 4.32. The Hall–Kier alpha value is -2.09. The van der Waals surface area contributed by atoms with E-state index in [4.69, 9.17) is 27.9 Å². The molecule has 0 spiro atoms. The normalized spacial score (nSPS) is 12.2. The van der Waals surface area contributed by atoms with Gasteiger partial charge in [0.1, 0.15) is 10.1 Å². The largest absolute Gasteiger partial charge is 0.505 e. The van der Waals surface area contributed by atoms with Crippen LogP contribution in [-0.2, 0) is 9.53 Å². The van der Waals surface area contributed by atoms with Gasteiger partial charge in [-0.15, -0.1) is 16.5 Å². The number of rotatable bonds is 5. The molecule has 2 rings (SSSR count). The third kappa shape index (κ3) is 4.25. The van der Waals surface area contributed by atoms with E-state index in [-0.39, 0.29) is 15.6 Å². The van der Waals surface area contributed by atoms with Gasteiger partial charge in [0.25, 0.3) is 0 Å². The summed E-state index contributed by atoms with van der Waals surface area (Å²) in [6, 6.07) is 8.08. The van der Waals surface area contributed by atoms with Gasteiger partial charge in [0.15, 0.2) is 5.76 Å². The molecule has 0 saturated carbocycles. The van der Waals surface area contributed by atoms with Crippen LogP contribution < -0.4 is 4.74 Å². The van der Waals surface area contributed by atoms with Crippen LogP contribution in [-0.4, -0.2) is 25.3 Å². The summed E-state index contributed by atoms with van der Waals surface area (Å²) >= 11 is 12.9. The second kappa shape index (κ2) is 8.14. The Balaban J connectivity index is 2.41. The molecule has 1 aromatic heterocycles. The van der Waals surface area contributed by atoms with Crippen molar-refractivity contribution < 1.29 is 19.4 Å². The first-order valence-electron chi connectivity index (χ1n) is 6.48. The molecule has 0 radical (unpaired) electrons. The zero-order valence-corrected chi connectivity index (χ0v) is 14.9. The second-order valence-corrected chi connectivity index (χ2v) is 6.61. The van der Waals surface area contributed by atoms with Crippen LogP contribution in [0.2, 0.25) is 8.67 Å². The maximum Gasteiger partial charge on any atom is 0.362 e. The molecule has 0 atom stereocenters. The minimum absolute atomic E-state index is 0.181. The van der Waals surface area contributed by atoms with Crippen molar-refractivity contribution in [3.05, 3.63) is 50.3 Å². The fraction of sp³-hybridized carbons (Fsp3) is 0.133. The summed E-state index contributed by atoms with van der Waals surface area (Å²) in [4.78, 5) is 11.9. The van der Waals surface area contributed by atoms with Crippen LogP contribution in [0.5, 0.6) is 5.75 Å². The summed E-state index contributed by atoms with van der Waals surface area (Å²) in [6.07, 6.45) is 0. The van der Waals surface area contributed by atoms with Crippen molar-refractivity contribution in [3.63, 3.8) is 0 Å². The van der Waals surface area contributed by atoms with E-state index in [9.17, 15) is 9.90 Å². The first-order valence-corrected chi connectivity index (χ1v) is 8.06. The van der Waals surface area contributed by atoms with Gasteiger partial charge in [-0.05, 0) is 30.3 Å². The van der Waals surface area contributed by atoms with Gasteiger partial charge in [0.05, 0.1) is 29.8 Å². The fourth-order valence-corrected chi connectivity index (χ4v) is 3.13. The molecule has 9 heteroatoms. The Morgan fingerprint density at radius 1 is 1.21 bits per heavy atom. The van der Waals surface area contributed by atoms with Gasteiger partial charge in [-0.1, -0.05) is 23.2 Å². The monoisotopic (exact) mass is 386 g/mol. The number of thiophene rings is 1. The number of esters is 1. The molecular weight excluding hydrogens is 375 g/mol. The number of aliphatic hydroxyl groups excluding tert-OH is 1. The van der Waals surface area contributed by atoms with E-state index in [0.29, 0.717) is 15.8 Å². The summed E-state index contributed by atoms with van der Waals surface area (Å²) in [5, 5.41) is 18.0. The number of aliphatic hydroxyl groups is 1. The maximum absolute atomic E-state index is 11.9. The Morgan fingerprint density at radius 2 is 1.88 bits per heavy atom. The Labute approximate surface area is 152 Å². The minimum Gasteiger partial charge on any atom is -0.505 e. The number of ether oxygens (including phenoxy) is 2. The van der Waals surface area contributed by atoms with Crippen molar-refractivity contribution >= 4 is 52.0 Å². The number of carbonyl (C=O) groups excluding carboxylic acids is 1. The molecule has 0 aliphatic carbocycles.